The fraction of sp³-hybridized carbons (Fsp3) is 0.733. The molecule has 0 saturated carbocycles. The standard InChI is InChI=1S/C15H23ClN4/c1-19-8-5-9-20(2)13(10-19)15-17-12-7-4-3-6-11(12)14(16)18-15/h13H,3-10H2,1-2H3. The molecule has 1 atom stereocenters. The van der Waals surface area contributed by atoms with Gasteiger partial charge in [0, 0.05) is 17.8 Å². The molecule has 110 valence electrons. The molecular weight excluding hydrogens is 272 g/mol. The summed E-state index contributed by atoms with van der Waals surface area (Å²) in [6.45, 7) is 3.21. The summed E-state index contributed by atoms with van der Waals surface area (Å²) >= 11 is 6.41. The van der Waals surface area contributed by atoms with Gasteiger partial charge in [-0.3, -0.25) is 4.90 Å². The Bertz CT molecular complexity index is 491. The molecule has 0 bridgehead atoms. The van der Waals surface area contributed by atoms with Crippen LogP contribution >= 0.6 is 11.6 Å². The molecule has 5 heteroatoms. The second-order valence-electron chi connectivity index (χ2n) is 6.12. The molecule has 0 aromatic carbocycles. The maximum atomic E-state index is 6.41. The molecule has 1 aliphatic heterocycles. The van der Waals surface area contributed by atoms with Crippen LogP contribution in [0.3, 0.4) is 0 Å². The minimum absolute atomic E-state index is 0.257. The van der Waals surface area contributed by atoms with Gasteiger partial charge >= 0.3 is 0 Å². The fourth-order valence-corrected chi connectivity index (χ4v) is 3.56. The van der Waals surface area contributed by atoms with Crippen LogP contribution < -0.4 is 0 Å². The van der Waals surface area contributed by atoms with Gasteiger partial charge in [-0.2, -0.15) is 0 Å². The van der Waals surface area contributed by atoms with Crippen molar-refractivity contribution in [2.24, 2.45) is 0 Å². The number of fused-ring (bicyclic) bond motifs is 1. The lowest BCUT2D eigenvalue weighted by atomic mass is 9.97. The predicted octanol–water partition coefficient (Wildman–Crippen LogP) is 2.32. The van der Waals surface area contributed by atoms with E-state index in [1.165, 1.54) is 30.5 Å². The van der Waals surface area contributed by atoms with E-state index in [1.807, 2.05) is 0 Å². The summed E-state index contributed by atoms with van der Waals surface area (Å²) in [4.78, 5) is 14.2. The van der Waals surface area contributed by atoms with E-state index in [0.29, 0.717) is 5.15 Å². The first kappa shape index (κ1) is 14.2. The Morgan fingerprint density at radius 3 is 2.70 bits per heavy atom. The second kappa shape index (κ2) is 5.96. The SMILES string of the molecule is CN1CCCN(C)C(c2nc(Cl)c3c(n2)CCCC3)C1. The summed E-state index contributed by atoms with van der Waals surface area (Å²) < 4.78 is 0. The van der Waals surface area contributed by atoms with E-state index < -0.39 is 0 Å². The van der Waals surface area contributed by atoms with Gasteiger partial charge in [0.25, 0.3) is 0 Å². The first-order valence-corrected chi connectivity index (χ1v) is 7.97. The average Bonchev–Trinajstić information content (AvgIpc) is 2.60. The highest BCUT2D eigenvalue weighted by atomic mass is 35.5. The molecule has 4 nitrogen and oxygen atoms in total. The van der Waals surface area contributed by atoms with E-state index in [4.69, 9.17) is 16.6 Å². The molecular formula is C15H23ClN4. The lowest BCUT2D eigenvalue weighted by Gasteiger charge is -2.27. The van der Waals surface area contributed by atoms with Crippen molar-refractivity contribution in [1.29, 1.82) is 0 Å². The van der Waals surface area contributed by atoms with Gasteiger partial charge in [-0.25, -0.2) is 9.97 Å². The van der Waals surface area contributed by atoms with Crippen molar-refractivity contribution in [3.8, 4) is 0 Å². The van der Waals surface area contributed by atoms with Crippen molar-refractivity contribution < 1.29 is 0 Å². The Balaban J connectivity index is 1.94. The number of aryl methyl sites for hydroxylation is 1. The molecule has 0 N–H and O–H groups in total. The van der Waals surface area contributed by atoms with E-state index in [2.05, 4.69) is 28.9 Å². The quantitative estimate of drug-likeness (QED) is 0.744. The Kier molecular flexibility index (Phi) is 4.24. The minimum Gasteiger partial charge on any atom is -0.304 e. The van der Waals surface area contributed by atoms with Gasteiger partial charge in [0.15, 0.2) is 0 Å². The van der Waals surface area contributed by atoms with Crippen LogP contribution in [0, 0.1) is 0 Å². The largest absolute Gasteiger partial charge is 0.304 e. The lowest BCUT2D eigenvalue weighted by molar-refractivity contribution is 0.219. The Morgan fingerprint density at radius 2 is 1.85 bits per heavy atom. The van der Waals surface area contributed by atoms with Crippen LogP contribution in [0.5, 0.6) is 0 Å². The molecule has 20 heavy (non-hydrogen) atoms. The number of hydrogen-bond donors (Lipinski definition) is 0. The molecule has 1 unspecified atom stereocenters. The number of aromatic nitrogens is 2. The van der Waals surface area contributed by atoms with Crippen molar-refractivity contribution in [3.63, 3.8) is 0 Å². The van der Waals surface area contributed by atoms with E-state index in [-0.39, 0.29) is 6.04 Å². The number of likely N-dealkylation sites (N-methyl/N-ethyl adjacent to an activating group) is 2. The molecule has 1 saturated heterocycles. The maximum Gasteiger partial charge on any atom is 0.148 e. The molecule has 1 aliphatic carbocycles. The van der Waals surface area contributed by atoms with Crippen LogP contribution in [0.15, 0.2) is 0 Å². The molecule has 2 aliphatic rings. The van der Waals surface area contributed by atoms with Gasteiger partial charge < -0.3 is 4.90 Å². The number of nitrogens with zero attached hydrogens (tertiary/aromatic N) is 4. The van der Waals surface area contributed by atoms with Crippen molar-refractivity contribution in [1.82, 2.24) is 19.8 Å². The summed E-state index contributed by atoms with van der Waals surface area (Å²) in [6.07, 6.45) is 5.72. The van der Waals surface area contributed by atoms with Crippen molar-refractivity contribution in [2.45, 2.75) is 38.1 Å². The van der Waals surface area contributed by atoms with Crippen molar-refractivity contribution in [3.05, 3.63) is 22.2 Å². The molecule has 0 spiro atoms. The Labute approximate surface area is 126 Å². The second-order valence-corrected chi connectivity index (χ2v) is 6.48. The van der Waals surface area contributed by atoms with Crippen molar-refractivity contribution in [2.75, 3.05) is 33.7 Å². The van der Waals surface area contributed by atoms with Crippen LogP contribution in [0.25, 0.3) is 0 Å². The van der Waals surface area contributed by atoms with Gasteiger partial charge in [0.05, 0.1) is 6.04 Å². The Hall–Kier alpha value is -0.710. The summed E-state index contributed by atoms with van der Waals surface area (Å²) in [5.41, 5.74) is 2.37. The summed E-state index contributed by atoms with van der Waals surface area (Å²) in [5.74, 6) is 0.909. The molecule has 1 aromatic rings. The molecule has 0 radical (unpaired) electrons. The van der Waals surface area contributed by atoms with Gasteiger partial charge in [-0.1, -0.05) is 11.6 Å². The third-order valence-electron chi connectivity index (χ3n) is 4.52. The zero-order valence-electron chi connectivity index (χ0n) is 12.4. The highest BCUT2D eigenvalue weighted by Crippen LogP contribution is 2.28. The first-order chi connectivity index (χ1) is 9.65. The first-order valence-electron chi connectivity index (χ1n) is 7.59. The smallest absolute Gasteiger partial charge is 0.148 e. The molecule has 0 amide bonds. The molecule has 3 rings (SSSR count). The summed E-state index contributed by atoms with van der Waals surface area (Å²) in [7, 11) is 4.34. The third-order valence-corrected chi connectivity index (χ3v) is 4.83. The van der Waals surface area contributed by atoms with Gasteiger partial charge in [-0.05, 0) is 59.3 Å². The number of hydrogen-bond acceptors (Lipinski definition) is 4. The highest BCUT2D eigenvalue weighted by Gasteiger charge is 2.26. The monoisotopic (exact) mass is 294 g/mol. The predicted molar refractivity (Wildman–Crippen MR) is 81.2 cm³/mol. The molecule has 1 fully saturated rings. The summed E-state index contributed by atoms with van der Waals surface area (Å²) in [6, 6.07) is 0.257. The van der Waals surface area contributed by atoms with Gasteiger partial charge in [0.1, 0.15) is 11.0 Å². The average molecular weight is 295 g/mol. The zero-order valence-corrected chi connectivity index (χ0v) is 13.2. The normalized spacial score (nSPS) is 25.2. The summed E-state index contributed by atoms with van der Waals surface area (Å²) in [5, 5.41) is 0.685. The minimum atomic E-state index is 0.257. The maximum absolute atomic E-state index is 6.41. The van der Waals surface area contributed by atoms with Gasteiger partial charge in [-0.15, -0.1) is 0 Å². The highest BCUT2D eigenvalue weighted by molar-refractivity contribution is 6.30. The van der Waals surface area contributed by atoms with Crippen LogP contribution in [0.1, 0.15) is 42.4 Å². The van der Waals surface area contributed by atoms with E-state index in [9.17, 15) is 0 Å². The van der Waals surface area contributed by atoms with E-state index in [0.717, 1.165) is 38.3 Å². The van der Waals surface area contributed by atoms with Crippen LogP contribution in [-0.4, -0.2) is 53.5 Å². The van der Waals surface area contributed by atoms with Gasteiger partial charge in [0.2, 0.25) is 0 Å². The number of rotatable bonds is 1. The lowest BCUT2D eigenvalue weighted by Crippen LogP contribution is -2.32. The molecule has 1 aromatic heterocycles. The van der Waals surface area contributed by atoms with Crippen LogP contribution in [-0.2, 0) is 12.8 Å². The van der Waals surface area contributed by atoms with Crippen LogP contribution in [0.2, 0.25) is 5.15 Å². The number of halogens is 1. The zero-order chi connectivity index (χ0) is 14.1. The fourth-order valence-electron chi connectivity index (χ4n) is 3.27. The van der Waals surface area contributed by atoms with E-state index >= 15 is 0 Å². The van der Waals surface area contributed by atoms with Crippen LogP contribution in [0.4, 0.5) is 0 Å². The third kappa shape index (κ3) is 2.83. The van der Waals surface area contributed by atoms with E-state index in [1.54, 1.807) is 0 Å². The van der Waals surface area contributed by atoms with Crippen molar-refractivity contribution >= 4 is 11.6 Å². The topological polar surface area (TPSA) is 32.3 Å². The molecule has 2 heterocycles. The Morgan fingerprint density at radius 1 is 1.05 bits per heavy atom.